The number of nitrogens with one attached hydrogen (secondary N) is 1. The molecule has 2 atom stereocenters. The van der Waals surface area contributed by atoms with Crippen molar-refractivity contribution in [1.29, 1.82) is 0 Å². The lowest BCUT2D eigenvalue weighted by Crippen LogP contribution is -2.45. The van der Waals surface area contributed by atoms with Crippen LogP contribution in [0.5, 0.6) is 0 Å². The molecule has 0 aromatic heterocycles. The Morgan fingerprint density at radius 1 is 0.389 bits per heavy atom. The van der Waals surface area contributed by atoms with Gasteiger partial charge in [0, 0.05) is 12.8 Å². The highest BCUT2D eigenvalue weighted by molar-refractivity contribution is 5.76. The van der Waals surface area contributed by atoms with Crippen molar-refractivity contribution in [3.63, 3.8) is 0 Å². The molecule has 1 amide bonds. The molecule has 0 aliphatic carbocycles. The van der Waals surface area contributed by atoms with Crippen molar-refractivity contribution in [3.05, 3.63) is 60.8 Å². The van der Waals surface area contributed by atoms with Crippen molar-refractivity contribution >= 4 is 11.9 Å². The average molecular weight is 1010 g/mol. The number of hydrogen-bond acceptors (Lipinski definition) is 5. The Morgan fingerprint density at radius 2 is 0.694 bits per heavy atom. The number of amides is 1. The van der Waals surface area contributed by atoms with E-state index in [0.717, 1.165) is 57.8 Å². The molecule has 420 valence electrons. The predicted molar refractivity (Wildman–Crippen MR) is 315 cm³/mol. The van der Waals surface area contributed by atoms with Gasteiger partial charge >= 0.3 is 5.97 Å². The molecule has 0 aromatic rings. The molecule has 0 saturated heterocycles. The van der Waals surface area contributed by atoms with Crippen molar-refractivity contribution in [2.45, 2.75) is 334 Å². The minimum absolute atomic E-state index is 0.00384. The smallest absolute Gasteiger partial charge is 0.305 e. The van der Waals surface area contributed by atoms with Crippen molar-refractivity contribution in [1.82, 2.24) is 5.32 Å². The lowest BCUT2D eigenvalue weighted by Gasteiger charge is -2.20. The monoisotopic (exact) mass is 1010 g/mol. The summed E-state index contributed by atoms with van der Waals surface area (Å²) < 4.78 is 5.48. The Bertz CT molecular complexity index is 1250. The van der Waals surface area contributed by atoms with Crippen LogP contribution in [0.2, 0.25) is 0 Å². The zero-order chi connectivity index (χ0) is 52.2. The van der Waals surface area contributed by atoms with E-state index in [4.69, 9.17) is 4.74 Å². The molecule has 0 heterocycles. The van der Waals surface area contributed by atoms with Crippen molar-refractivity contribution in [2.24, 2.45) is 0 Å². The number of aliphatic hydroxyl groups excluding tert-OH is 2. The number of hydrogen-bond donors (Lipinski definition) is 3. The third kappa shape index (κ3) is 56.8. The predicted octanol–water partition coefficient (Wildman–Crippen LogP) is 19.9. The molecule has 2 unspecified atom stereocenters. The van der Waals surface area contributed by atoms with Crippen LogP contribution in [-0.2, 0) is 14.3 Å². The fraction of sp³-hybridized carbons (Fsp3) is 0.818. The van der Waals surface area contributed by atoms with Crippen LogP contribution in [0.3, 0.4) is 0 Å². The zero-order valence-electron chi connectivity index (χ0n) is 47.9. The molecular weight excluding hydrogens is 887 g/mol. The summed E-state index contributed by atoms with van der Waals surface area (Å²) in [6.45, 7) is 4.87. The first-order chi connectivity index (χ1) is 35.5. The van der Waals surface area contributed by atoms with Crippen LogP contribution in [0.1, 0.15) is 322 Å². The standard InChI is InChI=1S/C66H121NO5/c1-3-5-7-9-11-13-15-17-18-33-36-40-44-48-52-56-60-66(71)72-61-57-53-49-45-41-37-34-31-29-27-25-23-21-19-20-22-24-26-28-30-32-35-39-43-47-51-55-59-65(70)67-63(62-68)64(69)58-54-50-46-42-38-16-14-12-10-8-6-4-2/h13,15,18-20,23,25,33,54,58,63-64,68-69H,3-12,14,16-17,21-22,24,26-32,34-53,55-57,59-62H2,1-2H3,(H,67,70)/b15-13-,20-19-,25-23-,33-18-,58-54+. The Labute approximate surface area is 448 Å². The van der Waals surface area contributed by atoms with Gasteiger partial charge in [0.1, 0.15) is 0 Å². The van der Waals surface area contributed by atoms with E-state index in [0.29, 0.717) is 19.4 Å². The number of aliphatic hydroxyl groups is 2. The molecule has 72 heavy (non-hydrogen) atoms. The molecule has 3 N–H and O–H groups in total. The number of carbonyl (C=O) groups excluding carboxylic acids is 2. The van der Waals surface area contributed by atoms with Gasteiger partial charge < -0.3 is 20.3 Å². The van der Waals surface area contributed by atoms with Gasteiger partial charge in [-0.3, -0.25) is 9.59 Å². The molecule has 0 radical (unpaired) electrons. The van der Waals surface area contributed by atoms with Crippen LogP contribution in [0.15, 0.2) is 60.8 Å². The Hall–Kier alpha value is -2.44. The number of unbranched alkanes of at least 4 members (excludes halogenated alkanes) is 39. The first-order valence-electron chi connectivity index (χ1n) is 31.6. The van der Waals surface area contributed by atoms with E-state index in [2.05, 4.69) is 67.8 Å². The van der Waals surface area contributed by atoms with Gasteiger partial charge in [-0.25, -0.2) is 0 Å². The van der Waals surface area contributed by atoms with E-state index in [1.165, 1.54) is 238 Å². The van der Waals surface area contributed by atoms with Gasteiger partial charge in [0.25, 0.3) is 0 Å². The van der Waals surface area contributed by atoms with Gasteiger partial charge in [-0.15, -0.1) is 0 Å². The summed E-state index contributed by atoms with van der Waals surface area (Å²) in [4.78, 5) is 24.5. The van der Waals surface area contributed by atoms with Crippen LogP contribution in [-0.4, -0.2) is 47.4 Å². The molecule has 6 nitrogen and oxygen atoms in total. The third-order valence-electron chi connectivity index (χ3n) is 14.3. The molecule has 0 aliphatic heterocycles. The van der Waals surface area contributed by atoms with Gasteiger partial charge in [0.05, 0.1) is 25.4 Å². The Morgan fingerprint density at radius 3 is 1.07 bits per heavy atom. The molecular formula is C66H121NO5. The SMILES string of the molecule is CCCCCC/C=C\C/C=C\CCCCCCCC(=O)OCCCCCCCCCCC/C=C\C/C=C\CCCCCCCCCCCCCC(=O)NC(CO)C(O)/C=C/CCCCCCCCCCCC. The molecule has 0 rings (SSSR count). The van der Waals surface area contributed by atoms with Crippen LogP contribution >= 0.6 is 0 Å². The van der Waals surface area contributed by atoms with Crippen molar-refractivity contribution < 1.29 is 24.5 Å². The Balaban J connectivity index is 3.44. The molecule has 6 heteroatoms. The molecule has 0 aromatic carbocycles. The van der Waals surface area contributed by atoms with Gasteiger partial charge in [0.15, 0.2) is 0 Å². The second-order valence-corrected chi connectivity index (χ2v) is 21.4. The van der Waals surface area contributed by atoms with Crippen LogP contribution in [0.4, 0.5) is 0 Å². The molecule has 0 fully saturated rings. The van der Waals surface area contributed by atoms with Crippen LogP contribution in [0, 0.1) is 0 Å². The lowest BCUT2D eigenvalue weighted by molar-refractivity contribution is -0.143. The highest BCUT2D eigenvalue weighted by atomic mass is 16.5. The van der Waals surface area contributed by atoms with Crippen LogP contribution < -0.4 is 5.32 Å². The number of carbonyl (C=O) groups is 2. The summed E-state index contributed by atoms with van der Waals surface area (Å²) in [5.41, 5.74) is 0. The van der Waals surface area contributed by atoms with E-state index in [9.17, 15) is 19.8 Å². The highest BCUT2D eigenvalue weighted by Gasteiger charge is 2.18. The quantitative estimate of drug-likeness (QED) is 0.0320. The van der Waals surface area contributed by atoms with Crippen molar-refractivity contribution in [3.8, 4) is 0 Å². The summed E-state index contributed by atoms with van der Waals surface area (Å²) in [5, 5.41) is 23.1. The number of allylic oxidation sites excluding steroid dienone is 9. The summed E-state index contributed by atoms with van der Waals surface area (Å²) in [7, 11) is 0. The summed E-state index contributed by atoms with van der Waals surface area (Å²) in [6.07, 6.45) is 79.8. The molecule has 0 aliphatic rings. The largest absolute Gasteiger partial charge is 0.466 e. The lowest BCUT2D eigenvalue weighted by atomic mass is 10.0. The molecule has 0 saturated carbocycles. The summed E-state index contributed by atoms with van der Waals surface area (Å²) >= 11 is 0. The Kier molecular flexibility index (Phi) is 59.0. The molecule has 0 bridgehead atoms. The second kappa shape index (κ2) is 61.1. The minimum Gasteiger partial charge on any atom is -0.466 e. The van der Waals surface area contributed by atoms with Crippen LogP contribution in [0.25, 0.3) is 0 Å². The minimum atomic E-state index is -0.846. The van der Waals surface area contributed by atoms with Gasteiger partial charge in [-0.05, 0) is 96.3 Å². The van der Waals surface area contributed by atoms with E-state index >= 15 is 0 Å². The average Bonchev–Trinajstić information content (AvgIpc) is 3.38. The summed E-state index contributed by atoms with van der Waals surface area (Å²) in [6, 6.07) is -0.630. The maximum Gasteiger partial charge on any atom is 0.305 e. The van der Waals surface area contributed by atoms with Gasteiger partial charge in [-0.1, -0.05) is 274 Å². The highest BCUT2D eigenvalue weighted by Crippen LogP contribution is 2.16. The maximum atomic E-state index is 12.4. The number of esters is 1. The van der Waals surface area contributed by atoms with E-state index in [-0.39, 0.29) is 18.5 Å². The number of rotatable bonds is 58. The van der Waals surface area contributed by atoms with E-state index < -0.39 is 12.1 Å². The number of ether oxygens (including phenoxy) is 1. The van der Waals surface area contributed by atoms with Gasteiger partial charge in [0.2, 0.25) is 5.91 Å². The summed E-state index contributed by atoms with van der Waals surface area (Å²) in [5.74, 6) is -0.0762. The first-order valence-corrected chi connectivity index (χ1v) is 31.6. The van der Waals surface area contributed by atoms with Gasteiger partial charge in [-0.2, -0.15) is 0 Å². The molecule has 0 spiro atoms. The van der Waals surface area contributed by atoms with E-state index in [1.807, 2.05) is 6.08 Å². The third-order valence-corrected chi connectivity index (χ3v) is 14.3. The zero-order valence-corrected chi connectivity index (χ0v) is 47.9. The normalized spacial score (nSPS) is 13.0. The van der Waals surface area contributed by atoms with E-state index in [1.54, 1.807) is 6.08 Å². The first kappa shape index (κ1) is 69.6. The fourth-order valence-electron chi connectivity index (χ4n) is 9.40. The fourth-order valence-corrected chi connectivity index (χ4v) is 9.40. The topological polar surface area (TPSA) is 95.9 Å². The second-order valence-electron chi connectivity index (χ2n) is 21.4. The maximum absolute atomic E-state index is 12.4. The van der Waals surface area contributed by atoms with Crippen molar-refractivity contribution in [2.75, 3.05) is 13.2 Å².